The number of aryl methyl sites for hydroxylation is 1. The fourth-order valence-corrected chi connectivity index (χ4v) is 5.39. The third-order valence-electron chi connectivity index (χ3n) is 7.97. The maximum Gasteiger partial charge on any atom is 0.261 e. The summed E-state index contributed by atoms with van der Waals surface area (Å²) in [6.45, 7) is 10.4. The number of carbonyl (C=O) groups is 2. The zero-order valence-corrected chi connectivity index (χ0v) is 24.8. The fraction of sp³-hybridized carbons (Fsp3) is 0.375. The van der Waals surface area contributed by atoms with Crippen LogP contribution in [0.3, 0.4) is 0 Å². The summed E-state index contributed by atoms with van der Waals surface area (Å²) in [7, 11) is 1.69. The second-order valence-corrected chi connectivity index (χ2v) is 11.1. The lowest BCUT2D eigenvalue weighted by molar-refractivity contribution is -0.137. The Labute approximate surface area is 245 Å². The highest BCUT2D eigenvalue weighted by Gasteiger charge is 2.45. The van der Waals surface area contributed by atoms with E-state index in [4.69, 9.17) is 9.15 Å². The van der Waals surface area contributed by atoms with E-state index < -0.39 is 5.41 Å². The molecule has 0 atom stereocenters. The number of benzene rings is 1. The molecule has 42 heavy (non-hydrogen) atoms. The van der Waals surface area contributed by atoms with Crippen molar-refractivity contribution >= 4 is 34.2 Å². The third kappa shape index (κ3) is 5.54. The number of rotatable bonds is 10. The van der Waals surface area contributed by atoms with Gasteiger partial charge >= 0.3 is 0 Å². The summed E-state index contributed by atoms with van der Waals surface area (Å²) in [5.74, 6) is 0.126. The van der Waals surface area contributed by atoms with Gasteiger partial charge in [0.25, 0.3) is 5.56 Å². The summed E-state index contributed by atoms with van der Waals surface area (Å²) in [6, 6.07) is 13.0. The molecule has 0 saturated heterocycles. The van der Waals surface area contributed by atoms with Crippen LogP contribution in [-0.2, 0) is 22.7 Å². The number of carbonyl (C=O) groups excluding carboxylic acids is 2. The van der Waals surface area contributed by atoms with Crippen molar-refractivity contribution < 1.29 is 18.7 Å². The van der Waals surface area contributed by atoms with E-state index in [2.05, 4.69) is 16.0 Å². The number of anilines is 2. The van der Waals surface area contributed by atoms with E-state index in [9.17, 15) is 14.4 Å². The summed E-state index contributed by atoms with van der Waals surface area (Å²) >= 11 is 0. The largest absolute Gasteiger partial charge is 0.492 e. The van der Waals surface area contributed by atoms with Crippen molar-refractivity contribution in [1.29, 1.82) is 0 Å². The lowest BCUT2D eigenvalue weighted by atomic mass is 9.90. The summed E-state index contributed by atoms with van der Waals surface area (Å²) < 4.78 is 13.2. The van der Waals surface area contributed by atoms with Gasteiger partial charge in [-0.3, -0.25) is 24.3 Å². The van der Waals surface area contributed by atoms with Crippen molar-refractivity contribution in [3.63, 3.8) is 0 Å². The molecule has 0 radical (unpaired) electrons. The number of ether oxygens (including phenoxy) is 1. The van der Waals surface area contributed by atoms with Crippen LogP contribution in [0, 0.1) is 12.3 Å². The van der Waals surface area contributed by atoms with Crippen LogP contribution in [0.4, 0.5) is 11.4 Å². The molecular formula is C32H37N5O5. The number of furan rings is 1. The predicted octanol–water partition coefficient (Wildman–Crippen LogP) is 4.23. The number of hydrogen-bond donors (Lipinski definition) is 0. The molecule has 0 aliphatic carbocycles. The minimum Gasteiger partial charge on any atom is -0.492 e. The highest BCUT2D eigenvalue weighted by molar-refractivity contribution is 6.20. The molecule has 5 rings (SSSR count). The van der Waals surface area contributed by atoms with Crippen LogP contribution in [0.5, 0.6) is 5.75 Å². The molecular weight excluding hydrogens is 534 g/mol. The van der Waals surface area contributed by atoms with Crippen molar-refractivity contribution in [1.82, 2.24) is 14.5 Å². The summed E-state index contributed by atoms with van der Waals surface area (Å²) in [5, 5.41) is 0.564. The van der Waals surface area contributed by atoms with E-state index in [-0.39, 0.29) is 17.4 Å². The predicted molar refractivity (Wildman–Crippen MR) is 162 cm³/mol. The molecule has 0 unspecified atom stereocenters. The standard InChI is InChI=1S/C32H37N5O5/c1-6-37-26-10-9-24(20-27(26)34(5)30(39)32(3,4)31(37)40)41-19-17-35(21-23-8-7-13-33-22(23)2)15-16-36-14-11-28-25(29(36)38)12-18-42-28/h7-14,18,20H,6,15-17,19,21H2,1-5H3. The fourth-order valence-electron chi connectivity index (χ4n) is 5.39. The first-order valence-corrected chi connectivity index (χ1v) is 14.2. The topological polar surface area (TPSA) is 101 Å². The molecule has 1 aliphatic rings. The molecule has 2 amide bonds. The molecule has 4 aromatic rings. The Balaban J connectivity index is 1.32. The first-order valence-electron chi connectivity index (χ1n) is 14.2. The Bertz CT molecular complexity index is 1670. The van der Waals surface area contributed by atoms with Gasteiger partial charge in [0.05, 0.1) is 23.0 Å². The number of fused-ring (bicyclic) bond motifs is 2. The Kier molecular flexibility index (Phi) is 8.17. The minimum absolute atomic E-state index is 0.0820. The summed E-state index contributed by atoms with van der Waals surface area (Å²) in [4.78, 5) is 49.1. The van der Waals surface area contributed by atoms with Gasteiger partial charge in [-0.25, -0.2) is 0 Å². The molecule has 1 aliphatic heterocycles. The molecule has 1 aromatic carbocycles. The zero-order chi connectivity index (χ0) is 30.0. The number of aromatic nitrogens is 2. The third-order valence-corrected chi connectivity index (χ3v) is 7.97. The van der Waals surface area contributed by atoms with Gasteiger partial charge < -0.3 is 23.5 Å². The number of amides is 2. The summed E-state index contributed by atoms with van der Waals surface area (Å²) in [5.41, 5.74) is 2.71. The van der Waals surface area contributed by atoms with Crippen LogP contribution in [0.15, 0.2) is 70.3 Å². The van der Waals surface area contributed by atoms with Gasteiger partial charge in [-0.2, -0.15) is 0 Å². The summed E-state index contributed by atoms with van der Waals surface area (Å²) in [6.07, 6.45) is 5.07. The molecule has 0 N–H and O–H groups in total. The second-order valence-electron chi connectivity index (χ2n) is 11.1. The van der Waals surface area contributed by atoms with E-state index in [0.717, 1.165) is 11.3 Å². The van der Waals surface area contributed by atoms with E-state index in [1.54, 1.807) is 53.7 Å². The van der Waals surface area contributed by atoms with Crippen LogP contribution in [0.2, 0.25) is 0 Å². The molecule has 4 heterocycles. The van der Waals surface area contributed by atoms with Crippen molar-refractivity contribution in [2.24, 2.45) is 5.41 Å². The molecule has 0 fully saturated rings. The normalized spacial score (nSPS) is 14.9. The van der Waals surface area contributed by atoms with Gasteiger partial charge in [0.15, 0.2) is 0 Å². The molecule has 10 nitrogen and oxygen atoms in total. The lowest BCUT2D eigenvalue weighted by Crippen LogP contribution is -2.47. The monoisotopic (exact) mass is 571 g/mol. The Hall–Kier alpha value is -4.44. The molecule has 10 heteroatoms. The van der Waals surface area contributed by atoms with Crippen molar-refractivity contribution in [3.05, 3.63) is 82.7 Å². The van der Waals surface area contributed by atoms with E-state index in [1.165, 1.54) is 6.26 Å². The maximum absolute atomic E-state index is 13.2. The molecule has 0 bridgehead atoms. The van der Waals surface area contributed by atoms with E-state index >= 15 is 0 Å². The van der Waals surface area contributed by atoms with Crippen molar-refractivity contribution in [2.75, 3.05) is 43.1 Å². The maximum atomic E-state index is 13.2. The smallest absolute Gasteiger partial charge is 0.261 e. The average molecular weight is 572 g/mol. The highest BCUT2D eigenvalue weighted by Crippen LogP contribution is 2.40. The van der Waals surface area contributed by atoms with Gasteiger partial charge in [0.2, 0.25) is 11.8 Å². The van der Waals surface area contributed by atoms with E-state index in [0.29, 0.717) is 67.4 Å². The first kappa shape index (κ1) is 29.1. The second kappa shape index (κ2) is 11.8. The van der Waals surface area contributed by atoms with Crippen LogP contribution in [0.1, 0.15) is 32.0 Å². The van der Waals surface area contributed by atoms with Crippen LogP contribution in [0.25, 0.3) is 11.0 Å². The average Bonchev–Trinajstić information content (AvgIpc) is 3.46. The van der Waals surface area contributed by atoms with Gasteiger partial charge in [-0.15, -0.1) is 0 Å². The number of pyridine rings is 2. The van der Waals surface area contributed by atoms with Gasteiger partial charge in [0.1, 0.15) is 23.4 Å². The van der Waals surface area contributed by atoms with Crippen LogP contribution in [-0.4, -0.2) is 59.6 Å². The van der Waals surface area contributed by atoms with Gasteiger partial charge in [0, 0.05) is 63.9 Å². The Morgan fingerprint density at radius 1 is 1.02 bits per heavy atom. The van der Waals surface area contributed by atoms with Crippen molar-refractivity contribution in [3.8, 4) is 5.75 Å². The van der Waals surface area contributed by atoms with E-state index in [1.807, 2.05) is 44.2 Å². The highest BCUT2D eigenvalue weighted by atomic mass is 16.5. The zero-order valence-electron chi connectivity index (χ0n) is 24.8. The molecule has 0 saturated carbocycles. The SMILES string of the molecule is CCN1C(=O)C(C)(C)C(=O)N(C)c2cc(OCCN(CCn3ccc4occc4c3=O)Cc3cccnc3C)ccc21. The van der Waals surface area contributed by atoms with Crippen LogP contribution >= 0.6 is 0 Å². The van der Waals surface area contributed by atoms with Crippen molar-refractivity contribution in [2.45, 2.75) is 40.8 Å². The van der Waals surface area contributed by atoms with Gasteiger partial charge in [-0.05, 0) is 63.6 Å². The Morgan fingerprint density at radius 2 is 1.83 bits per heavy atom. The molecule has 0 spiro atoms. The molecule has 220 valence electrons. The minimum atomic E-state index is -1.17. The molecule has 3 aromatic heterocycles. The quantitative estimate of drug-likeness (QED) is 0.263. The number of nitrogens with zero attached hydrogens (tertiary/aromatic N) is 5. The lowest BCUT2D eigenvalue weighted by Gasteiger charge is -2.27. The first-order chi connectivity index (χ1) is 20.1. The number of hydrogen-bond acceptors (Lipinski definition) is 7. The van der Waals surface area contributed by atoms with Crippen LogP contribution < -0.4 is 20.1 Å². The van der Waals surface area contributed by atoms with Gasteiger partial charge in [-0.1, -0.05) is 6.07 Å². The Morgan fingerprint density at radius 3 is 2.60 bits per heavy atom.